The number of esters is 1. The molecule has 2 aromatic heterocycles. The Morgan fingerprint density at radius 3 is 2.62 bits per heavy atom. The van der Waals surface area contributed by atoms with Crippen LogP contribution in [0, 0.1) is 0 Å². The van der Waals surface area contributed by atoms with Crippen LogP contribution < -0.4 is 0 Å². The Kier molecular flexibility index (Phi) is 6.30. The van der Waals surface area contributed by atoms with Crippen LogP contribution in [0.1, 0.15) is 20.1 Å². The molecular weight excluding hydrogens is 452 g/mol. The number of fused-ring (bicyclic) bond motifs is 1. The van der Waals surface area contributed by atoms with Gasteiger partial charge in [0.05, 0.1) is 0 Å². The van der Waals surface area contributed by atoms with E-state index in [1.54, 1.807) is 33.4 Å². The van der Waals surface area contributed by atoms with Crippen molar-refractivity contribution in [2.45, 2.75) is 17.9 Å². The van der Waals surface area contributed by atoms with Crippen molar-refractivity contribution in [2.75, 3.05) is 37.7 Å². The number of rotatable bonds is 5. The summed E-state index contributed by atoms with van der Waals surface area (Å²) in [6.45, 7) is 1.57. The third-order valence-corrected chi connectivity index (χ3v) is 9.82. The molecule has 7 nitrogen and oxygen atoms in total. The van der Waals surface area contributed by atoms with Crippen molar-refractivity contribution in [3.63, 3.8) is 0 Å². The average Bonchev–Trinajstić information content (AvgIpc) is 3.41. The standard InChI is InChI=1S/C18H20N2O5S4/c21-16(19-4-1-14-13(11-19)2-7-27-14)12-25-18(22)17-15(3-8-28-17)29(23,24)20-5-9-26-10-6-20/h2-3,7-8H,1,4-6,9-12H2. The van der Waals surface area contributed by atoms with Crippen LogP contribution in [0.25, 0.3) is 0 Å². The molecule has 29 heavy (non-hydrogen) atoms. The van der Waals surface area contributed by atoms with E-state index >= 15 is 0 Å². The lowest BCUT2D eigenvalue weighted by atomic mass is 10.1. The van der Waals surface area contributed by atoms with Crippen LogP contribution >= 0.6 is 34.4 Å². The lowest BCUT2D eigenvalue weighted by Gasteiger charge is -2.27. The third kappa shape index (κ3) is 4.38. The van der Waals surface area contributed by atoms with Gasteiger partial charge in [0.2, 0.25) is 10.0 Å². The highest BCUT2D eigenvalue weighted by atomic mass is 32.2. The summed E-state index contributed by atoms with van der Waals surface area (Å²) in [4.78, 5) is 27.9. The molecule has 0 unspecified atom stereocenters. The maximum atomic E-state index is 12.9. The highest BCUT2D eigenvalue weighted by Gasteiger charge is 2.32. The van der Waals surface area contributed by atoms with Crippen molar-refractivity contribution in [1.29, 1.82) is 0 Å². The minimum Gasteiger partial charge on any atom is -0.451 e. The fourth-order valence-corrected chi connectivity index (χ4v) is 8.07. The van der Waals surface area contributed by atoms with Gasteiger partial charge < -0.3 is 9.64 Å². The average molecular weight is 473 g/mol. The second-order valence-electron chi connectivity index (χ2n) is 6.64. The van der Waals surface area contributed by atoms with Gasteiger partial charge in [0.15, 0.2) is 6.61 Å². The topological polar surface area (TPSA) is 84.0 Å². The number of carbonyl (C=O) groups excluding carboxylic acids is 2. The number of nitrogens with zero attached hydrogens (tertiary/aromatic N) is 2. The van der Waals surface area contributed by atoms with Gasteiger partial charge in [-0.05, 0) is 34.9 Å². The number of thiophene rings is 2. The van der Waals surface area contributed by atoms with E-state index in [1.165, 1.54) is 15.2 Å². The summed E-state index contributed by atoms with van der Waals surface area (Å²) in [5.74, 6) is 0.425. The molecule has 0 bridgehead atoms. The molecule has 2 aliphatic rings. The van der Waals surface area contributed by atoms with Crippen molar-refractivity contribution in [2.24, 2.45) is 0 Å². The first kappa shape index (κ1) is 20.9. The van der Waals surface area contributed by atoms with Crippen molar-refractivity contribution >= 4 is 56.3 Å². The molecule has 2 aliphatic heterocycles. The summed E-state index contributed by atoms with van der Waals surface area (Å²) in [5.41, 5.74) is 1.13. The lowest BCUT2D eigenvalue weighted by molar-refractivity contribution is -0.135. The van der Waals surface area contributed by atoms with Gasteiger partial charge in [-0.15, -0.1) is 22.7 Å². The van der Waals surface area contributed by atoms with E-state index in [4.69, 9.17) is 4.74 Å². The number of ether oxygens (including phenoxy) is 1. The Bertz CT molecular complexity index is 1010. The van der Waals surface area contributed by atoms with E-state index in [0.717, 1.165) is 34.8 Å². The van der Waals surface area contributed by atoms with E-state index in [0.29, 0.717) is 26.2 Å². The third-order valence-electron chi connectivity index (χ3n) is 4.89. The smallest absolute Gasteiger partial charge is 0.350 e. The van der Waals surface area contributed by atoms with Crippen LogP contribution in [0.4, 0.5) is 0 Å². The summed E-state index contributed by atoms with van der Waals surface area (Å²) in [6, 6.07) is 3.44. The highest BCUT2D eigenvalue weighted by Crippen LogP contribution is 2.28. The zero-order valence-corrected chi connectivity index (χ0v) is 18.8. The van der Waals surface area contributed by atoms with Gasteiger partial charge >= 0.3 is 5.97 Å². The molecular formula is C18H20N2O5S4. The van der Waals surface area contributed by atoms with E-state index in [2.05, 4.69) is 0 Å². The number of hydrogen-bond acceptors (Lipinski definition) is 8. The number of hydrogen-bond donors (Lipinski definition) is 0. The fourth-order valence-electron chi connectivity index (χ4n) is 3.32. The highest BCUT2D eigenvalue weighted by molar-refractivity contribution is 7.99. The van der Waals surface area contributed by atoms with E-state index in [-0.39, 0.29) is 15.7 Å². The summed E-state index contributed by atoms with van der Waals surface area (Å²) in [6.07, 6.45) is 0.800. The van der Waals surface area contributed by atoms with Crippen molar-refractivity contribution in [3.05, 3.63) is 38.2 Å². The molecule has 11 heteroatoms. The first-order valence-corrected chi connectivity index (χ1v) is 13.5. The Balaban J connectivity index is 1.40. The summed E-state index contributed by atoms with van der Waals surface area (Å²) in [7, 11) is -3.75. The number of amides is 1. The molecule has 0 radical (unpaired) electrons. The molecule has 0 aliphatic carbocycles. The molecule has 4 rings (SSSR count). The molecule has 0 saturated carbocycles. The minimum atomic E-state index is -3.75. The number of carbonyl (C=O) groups is 2. The normalized spacial score (nSPS) is 17.7. The lowest BCUT2D eigenvalue weighted by Crippen LogP contribution is -2.39. The zero-order chi connectivity index (χ0) is 20.4. The molecule has 0 N–H and O–H groups in total. The van der Waals surface area contributed by atoms with Crippen molar-refractivity contribution in [1.82, 2.24) is 9.21 Å². The predicted octanol–water partition coefficient (Wildman–Crippen LogP) is 2.29. The summed E-state index contributed by atoms with van der Waals surface area (Å²) < 4.78 is 32.4. The molecule has 2 aromatic rings. The maximum absolute atomic E-state index is 12.9. The van der Waals surface area contributed by atoms with E-state index in [9.17, 15) is 18.0 Å². The number of sulfonamides is 1. The zero-order valence-electron chi connectivity index (χ0n) is 15.5. The number of thioether (sulfide) groups is 1. The Labute approximate surface area is 181 Å². The van der Waals surface area contributed by atoms with Crippen LogP contribution in [0.2, 0.25) is 0 Å². The molecule has 156 valence electrons. The van der Waals surface area contributed by atoms with Crippen LogP contribution in [-0.2, 0) is 32.5 Å². The monoisotopic (exact) mass is 472 g/mol. The Hall–Kier alpha value is -1.40. The molecule has 1 amide bonds. The van der Waals surface area contributed by atoms with Crippen LogP contribution in [-0.4, -0.2) is 67.2 Å². The van der Waals surface area contributed by atoms with Gasteiger partial charge in [0, 0.05) is 42.6 Å². The van der Waals surface area contributed by atoms with E-state index in [1.807, 2.05) is 11.4 Å². The molecule has 0 atom stereocenters. The predicted molar refractivity (Wildman–Crippen MR) is 114 cm³/mol. The van der Waals surface area contributed by atoms with Crippen LogP contribution in [0.15, 0.2) is 27.8 Å². The molecule has 4 heterocycles. The fraction of sp³-hybridized carbons (Fsp3) is 0.444. The quantitative estimate of drug-likeness (QED) is 0.621. The second-order valence-corrected chi connectivity index (χ2v) is 11.7. The molecule has 1 saturated heterocycles. The van der Waals surface area contributed by atoms with Crippen molar-refractivity contribution in [3.8, 4) is 0 Å². The SMILES string of the molecule is O=C(OCC(=O)N1CCc2sccc2C1)c1sccc1S(=O)(=O)N1CCSCC1. The Morgan fingerprint density at radius 2 is 1.83 bits per heavy atom. The molecule has 1 fully saturated rings. The van der Waals surface area contributed by atoms with Gasteiger partial charge in [-0.2, -0.15) is 16.1 Å². The van der Waals surface area contributed by atoms with Gasteiger partial charge in [0.1, 0.15) is 9.77 Å². The maximum Gasteiger partial charge on any atom is 0.350 e. The van der Waals surface area contributed by atoms with Gasteiger partial charge in [-0.25, -0.2) is 13.2 Å². The summed E-state index contributed by atoms with van der Waals surface area (Å²) in [5, 5.41) is 3.57. The largest absolute Gasteiger partial charge is 0.451 e. The summed E-state index contributed by atoms with van der Waals surface area (Å²) >= 11 is 4.41. The van der Waals surface area contributed by atoms with E-state index < -0.39 is 22.6 Å². The molecule has 0 spiro atoms. The minimum absolute atomic E-state index is 0.0230. The Morgan fingerprint density at radius 1 is 1.07 bits per heavy atom. The molecule has 0 aromatic carbocycles. The van der Waals surface area contributed by atoms with Gasteiger partial charge in [0.25, 0.3) is 5.91 Å². The van der Waals surface area contributed by atoms with Crippen LogP contribution in [0.5, 0.6) is 0 Å². The first-order chi connectivity index (χ1) is 14.0. The second kappa shape index (κ2) is 8.76. The van der Waals surface area contributed by atoms with Crippen molar-refractivity contribution < 1.29 is 22.7 Å². The van der Waals surface area contributed by atoms with Crippen LogP contribution in [0.3, 0.4) is 0 Å². The first-order valence-electron chi connectivity index (χ1n) is 9.12. The van der Waals surface area contributed by atoms with Gasteiger partial charge in [-0.3, -0.25) is 4.79 Å². The van der Waals surface area contributed by atoms with Gasteiger partial charge in [-0.1, -0.05) is 0 Å².